The highest BCUT2D eigenvalue weighted by atomic mass is 16.5. The third-order valence-corrected chi connectivity index (χ3v) is 5.89. The molecule has 0 bridgehead atoms. The predicted octanol–water partition coefficient (Wildman–Crippen LogP) is 5.58. The van der Waals surface area contributed by atoms with Gasteiger partial charge in [-0.3, -0.25) is 4.79 Å². The number of hydrogen-bond acceptors (Lipinski definition) is 3. The number of rotatable bonds is 4. The Morgan fingerprint density at radius 2 is 1.67 bits per heavy atom. The fraction of sp³-hybridized carbons (Fsp3) is 0.269. The van der Waals surface area contributed by atoms with Crippen LogP contribution in [0, 0.1) is 6.92 Å². The second kappa shape index (κ2) is 8.23. The molecule has 1 heterocycles. The molecule has 0 aromatic heterocycles. The van der Waals surface area contributed by atoms with E-state index in [1.807, 2.05) is 11.0 Å². The second-order valence-electron chi connectivity index (χ2n) is 7.86. The molecule has 0 saturated heterocycles. The average molecular weight is 402 g/mol. The zero-order chi connectivity index (χ0) is 21.3. The second-order valence-corrected chi connectivity index (χ2v) is 7.86. The molecule has 0 radical (unpaired) electrons. The highest BCUT2D eigenvalue weighted by molar-refractivity contribution is 6.07. The number of amides is 1. The van der Waals surface area contributed by atoms with Crippen molar-refractivity contribution in [2.24, 2.45) is 0 Å². The maximum Gasteiger partial charge on any atom is 0.258 e. The lowest BCUT2D eigenvalue weighted by Crippen LogP contribution is -2.43. The zero-order valence-electron chi connectivity index (χ0n) is 17.9. The molecule has 1 aliphatic heterocycles. The van der Waals surface area contributed by atoms with Crippen LogP contribution >= 0.6 is 0 Å². The van der Waals surface area contributed by atoms with Gasteiger partial charge in [-0.2, -0.15) is 0 Å². The Bertz CT molecular complexity index is 1060. The highest BCUT2D eigenvalue weighted by Gasteiger charge is 2.35. The van der Waals surface area contributed by atoms with Crippen molar-refractivity contribution < 1.29 is 14.3 Å². The van der Waals surface area contributed by atoms with Gasteiger partial charge in [-0.15, -0.1) is 0 Å². The summed E-state index contributed by atoms with van der Waals surface area (Å²) in [4.78, 5) is 15.5. The topological polar surface area (TPSA) is 38.8 Å². The fourth-order valence-electron chi connectivity index (χ4n) is 4.40. The smallest absolute Gasteiger partial charge is 0.258 e. The zero-order valence-corrected chi connectivity index (χ0v) is 17.9. The van der Waals surface area contributed by atoms with Gasteiger partial charge in [0.15, 0.2) is 11.5 Å². The number of methoxy groups -OCH3 is 2. The van der Waals surface area contributed by atoms with Crippen molar-refractivity contribution in [1.82, 2.24) is 0 Å². The Labute approximate surface area is 178 Å². The summed E-state index contributed by atoms with van der Waals surface area (Å²) in [6.45, 7) is 4.22. The van der Waals surface area contributed by atoms with Crippen LogP contribution < -0.4 is 14.4 Å². The SMILES string of the molecule is COc1ccc(C(=O)N2c3ccc(C)cc3[C@@H](c3ccccc3)C[C@@H]2C)cc1OC. The van der Waals surface area contributed by atoms with Crippen LogP contribution in [0.4, 0.5) is 5.69 Å². The predicted molar refractivity (Wildman–Crippen MR) is 120 cm³/mol. The van der Waals surface area contributed by atoms with E-state index < -0.39 is 0 Å². The first-order valence-corrected chi connectivity index (χ1v) is 10.2. The number of nitrogens with zero attached hydrogens (tertiary/aromatic N) is 1. The lowest BCUT2D eigenvalue weighted by atomic mass is 9.80. The standard InChI is InChI=1S/C26H27NO3/c1-17-10-12-23-22(14-17)21(19-8-6-5-7-9-19)15-18(2)27(23)26(28)20-11-13-24(29-3)25(16-20)30-4/h5-14,16,18,21H,15H2,1-4H3/t18-,21+/m0/s1. The van der Waals surface area contributed by atoms with Gasteiger partial charge in [-0.25, -0.2) is 0 Å². The van der Waals surface area contributed by atoms with E-state index in [-0.39, 0.29) is 17.9 Å². The van der Waals surface area contributed by atoms with Crippen LogP contribution in [0.25, 0.3) is 0 Å². The van der Waals surface area contributed by atoms with E-state index in [1.165, 1.54) is 16.7 Å². The van der Waals surface area contributed by atoms with E-state index in [0.717, 1.165) is 12.1 Å². The van der Waals surface area contributed by atoms with Gasteiger partial charge in [0, 0.05) is 23.2 Å². The minimum absolute atomic E-state index is 0.0277. The summed E-state index contributed by atoms with van der Waals surface area (Å²) in [6, 6.07) is 22.3. The van der Waals surface area contributed by atoms with Crippen LogP contribution in [-0.4, -0.2) is 26.2 Å². The van der Waals surface area contributed by atoms with Gasteiger partial charge in [0.1, 0.15) is 0 Å². The molecule has 4 heteroatoms. The van der Waals surface area contributed by atoms with Gasteiger partial charge in [0.25, 0.3) is 5.91 Å². The summed E-state index contributed by atoms with van der Waals surface area (Å²) in [7, 11) is 3.17. The summed E-state index contributed by atoms with van der Waals surface area (Å²) in [6.07, 6.45) is 0.875. The molecule has 0 unspecified atom stereocenters. The third-order valence-electron chi connectivity index (χ3n) is 5.89. The van der Waals surface area contributed by atoms with Crippen molar-refractivity contribution in [3.8, 4) is 11.5 Å². The summed E-state index contributed by atoms with van der Waals surface area (Å²) in [5.41, 5.74) is 5.25. The van der Waals surface area contributed by atoms with E-state index in [9.17, 15) is 4.79 Å². The molecule has 4 rings (SSSR count). The molecule has 4 nitrogen and oxygen atoms in total. The van der Waals surface area contributed by atoms with Crippen molar-refractivity contribution in [3.63, 3.8) is 0 Å². The Morgan fingerprint density at radius 1 is 0.933 bits per heavy atom. The maximum absolute atomic E-state index is 13.6. The molecular formula is C26H27NO3. The lowest BCUT2D eigenvalue weighted by Gasteiger charge is -2.40. The molecule has 0 aliphatic carbocycles. The lowest BCUT2D eigenvalue weighted by molar-refractivity contribution is 0.0974. The quantitative estimate of drug-likeness (QED) is 0.573. The molecule has 1 amide bonds. The average Bonchev–Trinajstić information content (AvgIpc) is 2.78. The van der Waals surface area contributed by atoms with Gasteiger partial charge in [-0.1, -0.05) is 48.0 Å². The van der Waals surface area contributed by atoms with E-state index in [0.29, 0.717) is 17.1 Å². The van der Waals surface area contributed by atoms with Gasteiger partial charge in [-0.05, 0) is 55.7 Å². The first-order chi connectivity index (χ1) is 14.5. The van der Waals surface area contributed by atoms with Gasteiger partial charge >= 0.3 is 0 Å². The number of ether oxygens (including phenoxy) is 2. The highest BCUT2D eigenvalue weighted by Crippen LogP contribution is 2.43. The first kappa shape index (κ1) is 20.0. The number of carbonyl (C=O) groups is 1. The molecule has 3 aromatic carbocycles. The van der Waals surface area contributed by atoms with E-state index in [4.69, 9.17) is 9.47 Å². The summed E-state index contributed by atoms with van der Waals surface area (Å²) >= 11 is 0. The molecular weight excluding hydrogens is 374 g/mol. The van der Waals surface area contributed by atoms with E-state index in [2.05, 4.69) is 56.3 Å². The van der Waals surface area contributed by atoms with Gasteiger partial charge in [0.2, 0.25) is 0 Å². The van der Waals surface area contributed by atoms with Crippen molar-refractivity contribution in [3.05, 3.63) is 89.0 Å². The molecule has 154 valence electrons. The number of hydrogen-bond donors (Lipinski definition) is 0. The van der Waals surface area contributed by atoms with Crippen LogP contribution in [0.5, 0.6) is 11.5 Å². The number of carbonyl (C=O) groups excluding carboxylic acids is 1. The monoisotopic (exact) mass is 401 g/mol. The molecule has 0 fully saturated rings. The maximum atomic E-state index is 13.6. The Morgan fingerprint density at radius 3 is 2.37 bits per heavy atom. The van der Waals surface area contributed by atoms with Gasteiger partial charge < -0.3 is 14.4 Å². The summed E-state index contributed by atoms with van der Waals surface area (Å²) < 4.78 is 10.7. The van der Waals surface area contributed by atoms with E-state index in [1.54, 1.807) is 32.4 Å². The molecule has 0 N–H and O–H groups in total. The summed E-state index contributed by atoms with van der Waals surface area (Å²) in [5, 5.41) is 0. The van der Waals surface area contributed by atoms with Crippen molar-refractivity contribution in [2.45, 2.75) is 32.2 Å². The minimum atomic E-state index is -0.0277. The molecule has 1 aliphatic rings. The fourth-order valence-corrected chi connectivity index (χ4v) is 4.40. The Hall–Kier alpha value is -3.27. The minimum Gasteiger partial charge on any atom is -0.493 e. The Balaban J connectivity index is 1.78. The largest absolute Gasteiger partial charge is 0.493 e. The number of aryl methyl sites for hydroxylation is 1. The molecule has 2 atom stereocenters. The molecule has 0 spiro atoms. The van der Waals surface area contributed by atoms with Gasteiger partial charge in [0.05, 0.1) is 14.2 Å². The van der Waals surface area contributed by atoms with Crippen molar-refractivity contribution in [1.29, 1.82) is 0 Å². The van der Waals surface area contributed by atoms with Crippen LogP contribution in [0.2, 0.25) is 0 Å². The number of anilines is 1. The normalized spacial score (nSPS) is 17.9. The first-order valence-electron chi connectivity index (χ1n) is 10.2. The molecule has 0 saturated carbocycles. The number of benzene rings is 3. The van der Waals surface area contributed by atoms with Crippen LogP contribution in [-0.2, 0) is 0 Å². The van der Waals surface area contributed by atoms with Crippen LogP contribution in [0.3, 0.4) is 0 Å². The molecule has 3 aromatic rings. The Kier molecular flexibility index (Phi) is 5.49. The number of fused-ring (bicyclic) bond motifs is 1. The van der Waals surface area contributed by atoms with Crippen LogP contribution in [0.15, 0.2) is 66.7 Å². The summed E-state index contributed by atoms with van der Waals surface area (Å²) in [5.74, 6) is 1.41. The van der Waals surface area contributed by atoms with E-state index >= 15 is 0 Å². The van der Waals surface area contributed by atoms with Crippen molar-refractivity contribution in [2.75, 3.05) is 19.1 Å². The third kappa shape index (κ3) is 3.54. The molecule has 30 heavy (non-hydrogen) atoms. The van der Waals surface area contributed by atoms with Crippen molar-refractivity contribution >= 4 is 11.6 Å². The van der Waals surface area contributed by atoms with Crippen LogP contribution in [0.1, 0.15) is 46.3 Å².